The molecule has 0 saturated carbocycles. The van der Waals surface area contributed by atoms with Gasteiger partial charge in [0.05, 0.1) is 0 Å². The van der Waals surface area contributed by atoms with Crippen molar-refractivity contribution in [3.63, 3.8) is 0 Å². The van der Waals surface area contributed by atoms with Crippen LogP contribution < -0.4 is 0 Å². The number of nitrogens with zero attached hydrogens (tertiary/aromatic N) is 1. The third kappa shape index (κ3) is 5.13. The minimum atomic E-state index is -8.98. The van der Waals surface area contributed by atoms with E-state index in [9.17, 15) is 87.8 Å². The van der Waals surface area contributed by atoms with Crippen LogP contribution in [0.5, 0.6) is 0 Å². The van der Waals surface area contributed by atoms with E-state index in [-0.39, 0.29) is 11.5 Å². The molecule has 41 heavy (non-hydrogen) atoms. The molecule has 0 rings (SSSR count). The van der Waals surface area contributed by atoms with Gasteiger partial charge in [0.2, 0.25) is 15.7 Å². The number of carbonyl (C=O) groups is 1. The van der Waals surface area contributed by atoms with E-state index in [1.54, 1.807) is 0 Å². The summed E-state index contributed by atoms with van der Waals surface area (Å²) in [5.74, 6) is -54.8. The molecule has 7 nitrogen and oxygen atoms in total. The molecule has 0 aliphatic heterocycles. The summed E-state index contributed by atoms with van der Waals surface area (Å²) >= 11 is 0. The maximum absolute atomic E-state index is 14.4. The first-order valence-electron chi connectivity index (χ1n) is 9.54. The van der Waals surface area contributed by atoms with E-state index in [0.29, 0.717) is 28.4 Å². The fourth-order valence-corrected chi connectivity index (χ4v) is 5.98. The first kappa shape index (κ1) is 39.3. The highest BCUT2D eigenvalue weighted by atomic mass is 32.2. The zero-order valence-corrected chi connectivity index (χ0v) is 22.1. The fourth-order valence-electron chi connectivity index (χ4n) is 2.75. The second-order valence-corrected chi connectivity index (χ2v) is 12.9. The van der Waals surface area contributed by atoms with Crippen LogP contribution in [-0.4, -0.2) is 108 Å². The lowest BCUT2D eigenvalue weighted by Gasteiger charge is -2.42. The number of amides is 1. The average Bonchev–Trinajstić information content (AvgIpc) is 2.82. The lowest BCUT2D eigenvalue weighted by molar-refractivity contribution is -0.458. The smallest absolute Gasteiger partial charge is 0.360 e. The summed E-state index contributed by atoms with van der Waals surface area (Å²) in [6.45, 7) is -0.277. The standard InChI is InChI=1S/C15H16F17NO6SSi/c1-6(7(34)33(2)41(37-3,38-4)39-5)40(35,36)15(31,32)13(26,27)11(22,23)9(18,19)8(16,17)10(20,21)12(24,25)14(28,29)30/h6H,1-5H3. The Bertz CT molecular complexity index is 1070. The predicted octanol–water partition coefficient (Wildman–Crippen LogP) is 4.59. The normalized spacial score (nSPS) is 16.5. The lowest BCUT2D eigenvalue weighted by atomic mass is 9.91. The van der Waals surface area contributed by atoms with Crippen molar-refractivity contribution in [3.05, 3.63) is 0 Å². The Kier molecular flexibility index (Phi) is 10.4. The van der Waals surface area contributed by atoms with E-state index < -0.39 is 76.9 Å². The molecule has 0 aromatic rings. The third-order valence-corrected chi connectivity index (χ3v) is 10.1. The Morgan fingerprint density at radius 1 is 0.610 bits per heavy atom. The van der Waals surface area contributed by atoms with Crippen LogP contribution in [0, 0.1) is 0 Å². The van der Waals surface area contributed by atoms with Gasteiger partial charge in [-0.2, -0.15) is 74.6 Å². The molecule has 1 unspecified atom stereocenters. The summed E-state index contributed by atoms with van der Waals surface area (Å²) in [7, 11) is -9.81. The van der Waals surface area contributed by atoms with Crippen molar-refractivity contribution in [1.82, 2.24) is 4.57 Å². The number of hydrogen-bond donors (Lipinski definition) is 0. The van der Waals surface area contributed by atoms with Gasteiger partial charge in [0, 0.05) is 28.4 Å². The van der Waals surface area contributed by atoms with Crippen molar-refractivity contribution in [2.24, 2.45) is 0 Å². The monoisotopic (exact) mass is 689 g/mol. The minimum Gasteiger partial charge on any atom is -0.360 e. The number of halogens is 17. The second-order valence-electron chi connectivity index (χ2n) is 7.68. The van der Waals surface area contributed by atoms with Gasteiger partial charge in [0.15, 0.2) is 0 Å². The molecule has 0 saturated heterocycles. The summed E-state index contributed by atoms with van der Waals surface area (Å²) in [6.07, 6.45) is -7.94. The highest BCUT2D eigenvalue weighted by Crippen LogP contribution is 2.64. The van der Waals surface area contributed by atoms with Crippen LogP contribution in [-0.2, 0) is 27.9 Å². The number of rotatable bonds is 13. The molecule has 0 bridgehead atoms. The van der Waals surface area contributed by atoms with E-state index in [1.165, 1.54) is 0 Å². The maximum Gasteiger partial charge on any atom is 0.634 e. The van der Waals surface area contributed by atoms with E-state index in [2.05, 4.69) is 13.3 Å². The van der Waals surface area contributed by atoms with Gasteiger partial charge in [-0.15, -0.1) is 0 Å². The van der Waals surface area contributed by atoms with E-state index in [4.69, 9.17) is 0 Å². The number of sulfone groups is 1. The van der Waals surface area contributed by atoms with Gasteiger partial charge in [0.25, 0.3) is 0 Å². The maximum atomic E-state index is 14.4. The van der Waals surface area contributed by atoms with Gasteiger partial charge in [-0.25, -0.2) is 8.42 Å². The summed E-state index contributed by atoms with van der Waals surface area (Å²) < 4.78 is 266. The molecule has 1 amide bonds. The topological polar surface area (TPSA) is 82.1 Å². The summed E-state index contributed by atoms with van der Waals surface area (Å²) in [6, 6.07) is 0. The number of hydrogen-bond acceptors (Lipinski definition) is 6. The molecule has 0 aromatic heterocycles. The Labute approximate surface area is 218 Å². The average molecular weight is 689 g/mol. The van der Waals surface area contributed by atoms with Gasteiger partial charge in [-0.1, -0.05) is 0 Å². The SMILES string of the molecule is CO[Si](OC)(OC)N(C)C(=O)C(C)S(=O)(=O)C(F)(F)C(F)(F)C(F)(F)C(F)(F)C(F)(F)C(F)(F)C(F)(F)C(F)(F)F. The van der Waals surface area contributed by atoms with Crippen LogP contribution in [0.15, 0.2) is 0 Å². The predicted molar refractivity (Wildman–Crippen MR) is 98.6 cm³/mol. The van der Waals surface area contributed by atoms with Gasteiger partial charge < -0.3 is 17.8 Å². The molecule has 0 heterocycles. The Morgan fingerprint density at radius 3 is 1.15 bits per heavy atom. The quantitative estimate of drug-likeness (QED) is 0.208. The second kappa shape index (κ2) is 10.8. The Balaban J connectivity index is 7.08. The van der Waals surface area contributed by atoms with Crippen LogP contribution in [0.2, 0.25) is 0 Å². The highest BCUT2D eigenvalue weighted by Gasteiger charge is 2.96. The molecule has 0 radical (unpaired) electrons. The number of carbonyl (C=O) groups excluding carboxylic acids is 1. The molecule has 0 aliphatic rings. The molecule has 26 heteroatoms. The molecule has 1 atom stereocenters. The third-order valence-electron chi connectivity index (χ3n) is 5.38. The van der Waals surface area contributed by atoms with Crippen LogP contribution in [0.1, 0.15) is 6.92 Å². The van der Waals surface area contributed by atoms with Crippen molar-refractivity contribution in [2.75, 3.05) is 28.4 Å². The van der Waals surface area contributed by atoms with Crippen molar-refractivity contribution >= 4 is 24.7 Å². The van der Waals surface area contributed by atoms with Crippen LogP contribution in [0.25, 0.3) is 0 Å². The van der Waals surface area contributed by atoms with Crippen molar-refractivity contribution < 1.29 is 101 Å². The Morgan fingerprint density at radius 2 is 0.878 bits per heavy atom. The highest BCUT2D eigenvalue weighted by molar-refractivity contribution is 7.93. The fraction of sp³-hybridized carbons (Fsp3) is 0.933. The van der Waals surface area contributed by atoms with Crippen molar-refractivity contribution in [3.8, 4) is 0 Å². The first-order chi connectivity index (χ1) is 17.7. The minimum absolute atomic E-state index is 0.121. The van der Waals surface area contributed by atoms with Gasteiger partial charge in [-0.05, 0) is 6.92 Å². The molecule has 0 fully saturated rings. The molecule has 0 spiro atoms. The van der Waals surface area contributed by atoms with Crippen LogP contribution in [0.3, 0.4) is 0 Å². The molecule has 0 aliphatic carbocycles. The summed E-state index contributed by atoms with van der Waals surface area (Å²) in [4.78, 5) is 12.3. The molecular formula is C15H16F17NO6SSi. The molecule has 0 aromatic carbocycles. The number of alkyl halides is 17. The zero-order valence-electron chi connectivity index (χ0n) is 20.3. The molecule has 0 N–H and O–H groups in total. The van der Waals surface area contributed by atoms with Crippen LogP contribution >= 0.6 is 0 Å². The molecule has 246 valence electrons. The van der Waals surface area contributed by atoms with E-state index >= 15 is 0 Å². The first-order valence-corrected chi connectivity index (χ1v) is 12.8. The van der Waals surface area contributed by atoms with E-state index in [1.807, 2.05) is 0 Å². The Hall–Kier alpha value is -1.67. The van der Waals surface area contributed by atoms with Gasteiger partial charge in [-0.3, -0.25) is 4.79 Å². The largest absolute Gasteiger partial charge is 0.634 e. The van der Waals surface area contributed by atoms with E-state index in [0.717, 1.165) is 0 Å². The molecular weight excluding hydrogens is 673 g/mol. The van der Waals surface area contributed by atoms with Gasteiger partial charge >= 0.3 is 55.9 Å². The lowest BCUT2D eigenvalue weighted by Crippen LogP contribution is -2.75. The van der Waals surface area contributed by atoms with Gasteiger partial charge in [0.1, 0.15) is 5.25 Å². The zero-order chi connectivity index (χ0) is 33.9. The van der Waals surface area contributed by atoms with Crippen LogP contribution in [0.4, 0.5) is 74.6 Å². The summed E-state index contributed by atoms with van der Waals surface area (Å²) in [5.41, 5.74) is 0. The van der Waals surface area contributed by atoms with Crippen molar-refractivity contribution in [1.29, 1.82) is 0 Å². The summed E-state index contributed by atoms with van der Waals surface area (Å²) in [5, 5.41) is -11.6. The van der Waals surface area contributed by atoms with Crippen molar-refractivity contribution in [2.45, 2.75) is 59.1 Å².